The molecule has 0 aromatic heterocycles. The molecule has 0 N–H and O–H groups in total. The van der Waals surface area contributed by atoms with E-state index in [4.69, 9.17) is 47.4 Å². The lowest BCUT2D eigenvalue weighted by Crippen LogP contribution is -2.62. The average molecular weight is 533 g/mol. The Morgan fingerprint density at radius 2 is 1.19 bits per heavy atom. The van der Waals surface area contributed by atoms with Crippen molar-refractivity contribution >= 4 is 17.9 Å². The molecule has 0 aromatic rings. The van der Waals surface area contributed by atoms with Crippen LogP contribution in [0.15, 0.2) is 0 Å². The van der Waals surface area contributed by atoms with Crippen molar-refractivity contribution in [3.63, 3.8) is 0 Å². The monoisotopic (exact) mass is 532 g/mol. The molecule has 0 spiro atoms. The molecule has 0 amide bonds. The Balaban J connectivity index is 1.53. The van der Waals surface area contributed by atoms with Crippen LogP contribution in [-0.2, 0) is 61.8 Å². The van der Waals surface area contributed by atoms with Gasteiger partial charge in [-0.15, -0.1) is 0 Å². The van der Waals surface area contributed by atoms with Crippen molar-refractivity contribution < 1.29 is 61.8 Å². The van der Waals surface area contributed by atoms with Crippen molar-refractivity contribution in [3.8, 4) is 0 Å². The van der Waals surface area contributed by atoms with Crippen LogP contribution < -0.4 is 0 Å². The first kappa shape index (κ1) is 28.1. The maximum Gasteiger partial charge on any atom is 0.303 e. The lowest BCUT2D eigenvalue weighted by molar-refractivity contribution is -0.314. The number of rotatable bonds is 6. The van der Waals surface area contributed by atoms with Crippen LogP contribution in [-0.4, -0.2) is 97.5 Å². The Kier molecular flexibility index (Phi) is 7.88. The summed E-state index contributed by atoms with van der Waals surface area (Å²) in [6.07, 6.45) is -8.29. The third kappa shape index (κ3) is 6.24. The Hall–Kier alpha value is -1.87. The topological polar surface area (TPSA) is 144 Å². The summed E-state index contributed by atoms with van der Waals surface area (Å²) in [5.41, 5.74) is 0. The zero-order valence-electron chi connectivity index (χ0n) is 22.3. The number of carbonyl (C=O) groups is 3. The van der Waals surface area contributed by atoms with Gasteiger partial charge in [0.05, 0.1) is 12.7 Å². The summed E-state index contributed by atoms with van der Waals surface area (Å²) in [5, 5.41) is 0. The van der Waals surface area contributed by atoms with Crippen molar-refractivity contribution in [2.24, 2.45) is 0 Å². The van der Waals surface area contributed by atoms with Gasteiger partial charge in [0.2, 0.25) is 0 Å². The van der Waals surface area contributed by atoms with Gasteiger partial charge in [0.25, 0.3) is 0 Å². The molecular formula is C24H36O13. The Morgan fingerprint density at radius 1 is 0.676 bits per heavy atom. The van der Waals surface area contributed by atoms with Gasteiger partial charge in [-0.05, 0) is 34.6 Å². The van der Waals surface area contributed by atoms with Crippen molar-refractivity contribution in [3.05, 3.63) is 0 Å². The van der Waals surface area contributed by atoms with E-state index in [2.05, 4.69) is 0 Å². The Morgan fingerprint density at radius 3 is 1.81 bits per heavy atom. The highest BCUT2D eigenvalue weighted by Crippen LogP contribution is 2.44. The van der Waals surface area contributed by atoms with E-state index in [0.717, 1.165) is 0 Å². The Labute approximate surface area is 215 Å². The molecule has 0 aliphatic carbocycles. The average Bonchev–Trinajstić information content (AvgIpc) is 3.24. The SMILES string of the molecule is CC(=O)OC1C(OC(C)=O)[C@@H](OC(C)=O)C(C)O[C@H]1OCC1O[C@@H]2OC(C)(C)OC2C2OC(C)(C)O[C@@H]12. The quantitative estimate of drug-likeness (QED) is 0.354. The number of carbonyl (C=O) groups excluding carboxylic acids is 3. The molecule has 6 unspecified atom stereocenters. The summed E-state index contributed by atoms with van der Waals surface area (Å²) in [6, 6.07) is 0. The van der Waals surface area contributed by atoms with Crippen LogP contribution in [0.5, 0.6) is 0 Å². The number of hydrogen-bond acceptors (Lipinski definition) is 13. The second kappa shape index (κ2) is 10.4. The molecule has 4 fully saturated rings. The molecular weight excluding hydrogens is 496 g/mol. The van der Waals surface area contributed by atoms with Gasteiger partial charge in [-0.2, -0.15) is 0 Å². The molecule has 0 aromatic carbocycles. The van der Waals surface area contributed by atoms with Gasteiger partial charge in [0, 0.05) is 20.8 Å². The van der Waals surface area contributed by atoms with Crippen LogP contribution in [0, 0.1) is 0 Å². The van der Waals surface area contributed by atoms with Crippen LogP contribution in [0.1, 0.15) is 55.4 Å². The second-order valence-electron chi connectivity index (χ2n) is 10.5. The molecule has 4 rings (SSSR count). The molecule has 0 radical (unpaired) electrons. The minimum absolute atomic E-state index is 0.0756. The highest BCUT2D eigenvalue weighted by molar-refractivity contribution is 5.68. The fourth-order valence-corrected chi connectivity index (χ4v) is 5.12. The first-order valence-corrected chi connectivity index (χ1v) is 12.3. The summed E-state index contributed by atoms with van der Waals surface area (Å²) < 4.78 is 58.5. The van der Waals surface area contributed by atoms with Gasteiger partial charge in [0.1, 0.15) is 24.4 Å². The number of ether oxygens (including phenoxy) is 10. The largest absolute Gasteiger partial charge is 0.456 e. The van der Waals surface area contributed by atoms with E-state index in [0.29, 0.717) is 0 Å². The van der Waals surface area contributed by atoms with E-state index >= 15 is 0 Å². The molecule has 13 heteroatoms. The number of esters is 3. The first-order chi connectivity index (χ1) is 17.2. The van der Waals surface area contributed by atoms with E-state index in [9.17, 15) is 14.4 Å². The van der Waals surface area contributed by atoms with E-state index in [-0.39, 0.29) is 6.61 Å². The molecule has 4 aliphatic heterocycles. The normalized spacial score (nSPS) is 41.8. The predicted molar refractivity (Wildman–Crippen MR) is 119 cm³/mol. The zero-order valence-corrected chi connectivity index (χ0v) is 22.3. The standard InChI is InChI=1S/C24H36O13/c1-10-15(30-11(2)25)17(31-12(3)26)19(32-13(4)27)21(29-10)28-9-14-16-18(35-23(5,6)34-16)20-22(33-14)37-24(7,8)36-20/h10,14-22H,9H2,1-8H3/t10?,14?,15-,16-,17?,18?,19?,20?,21+,22+/m0/s1. The summed E-state index contributed by atoms with van der Waals surface area (Å²) in [4.78, 5) is 35.5. The van der Waals surface area contributed by atoms with Crippen LogP contribution >= 0.6 is 0 Å². The lowest BCUT2D eigenvalue weighted by Gasteiger charge is -2.44. The van der Waals surface area contributed by atoms with Crippen molar-refractivity contribution in [1.29, 1.82) is 0 Å². The predicted octanol–water partition coefficient (Wildman–Crippen LogP) is 0.939. The summed E-state index contributed by atoms with van der Waals surface area (Å²) >= 11 is 0. The van der Waals surface area contributed by atoms with E-state index in [1.807, 2.05) is 0 Å². The molecule has 4 saturated heterocycles. The fourth-order valence-electron chi connectivity index (χ4n) is 5.12. The zero-order chi connectivity index (χ0) is 27.3. The molecule has 4 heterocycles. The van der Waals surface area contributed by atoms with Gasteiger partial charge >= 0.3 is 17.9 Å². The minimum atomic E-state index is -1.23. The van der Waals surface area contributed by atoms with Crippen molar-refractivity contribution in [2.45, 2.75) is 128 Å². The minimum Gasteiger partial charge on any atom is -0.456 e. The van der Waals surface area contributed by atoms with Crippen molar-refractivity contribution in [2.75, 3.05) is 6.61 Å². The molecule has 0 saturated carbocycles. The number of fused-ring (bicyclic) bond motifs is 3. The first-order valence-electron chi connectivity index (χ1n) is 12.3. The van der Waals surface area contributed by atoms with Crippen LogP contribution in [0.4, 0.5) is 0 Å². The third-order valence-corrected chi connectivity index (χ3v) is 6.31. The van der Waals surface area contributed by atoms with Crippen molar-refractivity contribution in [1.82, 2.24) is 0 Å². The van der Waals surface area contributed by atoms with Gasteiger partial charge < -0.3 is 47.4 Å². The Bertz CT molecular complexity index is 888. The summed E-state index contributed by atoms with van der Waals surface area (Å²) in [7, 11) is 0. The van der Waals surface area contributed by atoms with E-state index in [1.165, 1.54) is 20.8 Å². The molecule has 37 heavy (non-hydrogen) atoms. The van der Waals surface area contributed by atoms with E-state index in [1.54, 1.807) is 34.6 Å². The maximum absolute atomic E-state index is 11.9. The van der Waals surface area contributed by atoms with E-state index < -0.39 is 90.9 Å². The lowest BCUT2D eigenvalue weighted by atomic mass is 9.98. The van der Waals surface area contributed by atoms with Gasteiger partial charge in [-0.3, -0.25) is 14.4 Å². The smallest absolute Gasteiger partial charge is 0.303 e. The van der Waals surface area contributed by atoms with Crippen LogP contribution in [0.25, 0.3) is 0 Å². The molecule has 13 nitrogen and oxygen atoms in total. The number of hydrogen-bond donors (Lipinski definition) is 0. The van der Waals surface area contributed by atoms with Gasteiger partial charge in [-0.1, -0.05) is 0 Å². The van der Waals surface area contributed by atoms with Crippen LogP contribution in [0.3, 0.4) is 0 Å². The molecule has 4 aliphatic rings. The summed E-state index contributed by atoms with van der Waals surface area (Å²) in [6.45, 7) is 12.3. The maximum atomic E-state index is 11.9. The highest BCUT2D eigenvalue weighted by atomic mass is 16.9. The van der Waals surface area contributed by atoms with Gasteiger partial charge in [0.15, 0.2) is 42.5 Å². The molecule has 10 atom stereocenters. The second-order valence-corrected chi connectivity index (χ2v) is 10.5. The fraction of sp³-hybridized carbons (Fsp3) is 0.875. The molecule has 0 bridgehead atoms. The highest BCUT2D eigenvalue weighted by Gasteiger charge is 2.61. The van der Waals surface area contributed by atoms with Gasteiger partial charge in [-0.25, -0.2) is 0 Å². The molecule has 210 valence electrons. The third-order valence-electron chi connectivity index (χ3n) is 6.31. The summed E-state index contributed by atoms with van der Waals surface area (Å²) in [5.74, 6) is -3.71. The van der Waals surface area contributed by atoms with Crippen LogP contribution in [0.2, 0.25) is 0 Å².